The number of halogens is 2. The highest BCUT2D eigenvalue weighted by molar-refractivity contribution is 9.10. The van der Waals surface area contributed by atoms with Gasteiger partial charge in [-0.3, -0.25) is 9.59 Å². The van der Waals surface area contributed by atoms with Crippen LogP contribution in [0.5, 0.6) is 0 Å². The van der Waals surface area contributed by atoms with E-state index in [0.29, 0.717) is 17.3 Å². The van der Waals surface area contributed by atoms with Crippen LogP contribution in [-0.2, 0) is 20.7 Å². The van der Waals surface area contributed by atoms with Crippen LogP contribution in [0.1, 0.15) is 24.8 Å². The van der Waals surface area contributed by atoms with Gasteiger partial charge in [0, 0.05) is 12.8 Å². The van der Waals surface area contributed by atoms with Gasteiger partial charge in [0.25, 0.3) is 0 Å². The number of benzene rings is 1. The zero-order valence-corrected chi connectivity index (χ0v) is 11.6. The number of esters is 1. The fourth-order valence-electron chi connectivity index (χ4n) is 1.48. The van der Waals surface area contributed by atoms with E-state index >= 15 is 0 Å². The van der Waals surface area contributed by atoms with E-state index in [1.807, 2.05) is 0 Å². The lowest BCUT2D eigenvalue weighted by Gasteiger charge is -2.04. The fraction of sp³-hybridized carbons (Fsp3) is 0.385. The number of methoxy groups -OCH3 is 1. The van der Waals surface area contributed by atoms with Gasteiger partial charge in [-0.05, 0) is 34.0 Å². The number of hydrogen-bond donors (Lipinski definition) is 0. The number of aryl methyl sites for hydroxylation is 1. The summed E-state index contributed by atoms with van der Waals surface area (Å²) in [6, 6.07) is 4.72. The molecule has 3 nitrogen and oxygen atoms in total. The van der Waals surface area contributed by atoms with Crippen LogP contribution >= 0.6 is 15.9 Å². The van der Waals surface area contributed by atoms with Crippen molar-refractivity contribution in [1.29, 1.82) is 0 Å². The second kappa shape index (κ2) is 7.26. The molecule has 0 aromatic heterocycles. The van der Waals surface area contributed by atoms with Crippen LogP contribution < -0.4 is 0 Å². The third kappa shape index (κ3) is 4.56. The van der Waals surface area contributed by atoms with Crippen molar-refractivity contribution in [3.63, 3.8) is 0 Å². The first-order valence-corrected chi connectivity index (χ1v) is 6.35. The lowest BCUT2D eigenvalue weighted by atomic mass is 10.1. The van der Waals surface area contributed by atoms with Crippen LogP contribution in [0, 0.1) is 5.82 Å². The van der Waals surface area contributed by atoms with Crippen molar-refractivity contribution in [2.24, 2.45) is 0 Å². The molecule has 0 fully saturated rings. The molecular weight excluding hydrogens is 303 g/mol. The van der Waals surface area contributed by atoms with Gasteiger partial charge in [0.1, 0.15) is 11.6 Å². The molecule has 0 amide bonds. The summed E-state index contributed by atoms with van der Waals surface area (Å²) in [5, 5.41) is 0. The average Bonchev–Trinajstić information content (AvgIpc) is 2.37. The summed E-state index contributed by atoms with van der Waals surface area (Å²) in [4.78, 5) is 22.4. The molecule has 0 saturated heterocycles. The lowest BCUT2D eigenvalue weighted by molar-refractivity contribution is -0.141. The van der Waals surface area contributed by atoms with Gasteiger partial charge in [0.15, 0.2) is 0 Å². The molecule has 0 spiro atoms. The Morgan fingerprint density at radius 2 is 2.00 bits per heavy atom. The predicted molar refractivity (Wildman–Crippen MR) is 68.7 cm³/mol. The molecule has 0 unspecified atom stereocenters. The molecule has 1 rings (SSSR count). The van der Waals surface area contributed by atoms with Crippen LogP contribution in [0.2, 0.25) is 0 Å². The first kappa shape index (κ1) is 14.8. The van der Waals surface area contributed by atoms with E-state index in [4.69, 9.17) is 0 Å². The van der Waals surface area contributed by atoms with Crippen molar-refractivity contribution in [2.75, 3.05) is 7.11 Å². The van der Waals surface area contributed by atoms with Crippen LogP contribution in [0.15, 0.2) is 22.7 Å². The Kier molecular flexibility index (Phi) is 5.98. The molecular formula is C13H14BrFO3. The molecule has 5 heteroatoms. The van der Waals surface area contributed by atoms with Gasteiger partial charge in [0.05, 0.1) is 18.0 Å². The number of ketones is 1. The standard InChI is InChI=1S/C13H14BrFO3/c1-18-12(17)8-7-10(16)6-5-9-3-2-4-11(15)13(9)14/h2-4H,5-8H2,1H3. The number of carbonyl (C=O) groups excluding carboxylic acids is 2. The highest BCUT2D eigenvalue weighted by Crippen LogP contribution is 2.21. The fourth-order valence-corrected chi connectivity index (χ4v) is 1.95. The quantitative estimate of drug-likeness (QED) is 0.758. The van der Waals surface area contributed by atoms with Crippen molar-refractivity contribution in [1.82, 2.24) is 0 Å². The molecule has 1 aromatic rings. The maximum absolute atomic E-state index is 13.2. The van der Waals surface area contributed by atoms with Crippen molar-refractivity contribution in [2.45, 2.75) is 25.7 Å². The molecule has 0 aliphatic carbocycles. The Balaban J connectivity index is 2.43. The predicted octanol–water partition coefficient (Wildman–Crippen LogP) is 3.04. The third-order valence-electron chi connectivity index (χ3n) is 2.54. The Morgan fingerprint density at radius 1 is 1.28 bits per heavy atom. The minimum atomic E-state index is -0.393. The summed E-state index contributed by atoms with van der Waals surface area (Å²) in [5.41, 5.74) is 0.751. The van der Waals surface area contributed by atoms with Gasteiger partial charge < -0.3 is 4.74 Å². The lowest BCUT2D eigenvalue weighted by Crippen LogP contribution is -2.06. The minimum absolute atomic E-state index is 0.0310. The monoisotopic (exact) mass is 316 g/mol. The number of rotatable bonds is 6. The number of ether oxygens (including phenoxy) is 1. The summed E-state index contributed by atoms with van der Waals surface area (Å²) >= 11 is 3.14. The zero-order valence-electron chi connectivity index (χ0n) is 10.0. The second-order valence-corrected chi connectivity index (χ2v) is 4.62. The smallest absolute Gasteiger partial charge is 0.305 e. The maximum atomic E-state index is 13.2. The Hall–Kier alpha value is -1.23. The van der Waals surface area contributed by atoms with Crippen molar-refractivity contribution in [3.05, 3.63) is 34.1 Å². The van der Waals surface area contributed by atoms with Crippen LogP contribution in [0.25, 0.3) is 0 Å². The van der Waals surface area contributed by atoms with Crippen molar-refractivity contribution < 1.29 is 18.7 Å². The largest absolute Gasteiger partial charge is 0.469 e. The average molecular weight is 317 g/mol. The number of carbonyl (C=O) groups is 2. The van der Waals surface area contributed by atoms with E-state index in [9.17, 15) is 14.0 Å². The molecule has 1 aromatic carbocycles. The first-order chi connectivity index (χ1) is 8.54. The summed E-state index contributed by atoms with van der Waals surface area (Å²) in [7, 11) is 1.29. The van der Waals surface area contributed by atoms with Gasteiger partial charge in [-0.15, -0.1) is 0 Å². The van der Waals surface area contributed by atoms with Gasteiger partial charge in [-0.1, -0.05) is 12.1 Å². The highest BCUT2D eigenvalue weighted by Gasteiger charge is 2.10. The maximum Gasteiger partial charge on any atom is 0.305 e. The molecule has 0 radical (unpaired) electrons. The van der Waals surface area contributed by atoms with Crippen molar-refractivity contribution >= 4 is 27.7 Å². The van der Waals surface area contributed by atoms with Crippen LogP contribution in [0.4, 0.5) is 4.39 Å². The van der Waals surface area contributed by atoms with Gasteiger partial charge in [-0.2, -0.15) is 0 Å². The van der Waals surface area contributed by atoms with E-state index < -0.39 is 5.97 Å². The topological polar surface area (TPSA) is 43.4 Å². The van der Waals surface area contributed by atoms with E-state index in [-0.39, 0.29) is 24.4 Å². The van der Waals surface area contributed by atoms with Crippen molar-refractivity contribution in [3.8, 4) is 0 Å². The van der Waals surface area contributed by atoms with E-state index in [1.165, 1.54) is 13.2 Å². The third-order valence-corrected chi connectivity index (χ3v) is 3.43. The Labute approximate surface area is 113 Å². The van der Waals surface area contributed by atoms with Gasteiger partial charge in [0.2, 0.25) is 0 Å². The molecule has 0 bridgehead atoms. The molecule has 0 aliphatic heterocycles. The molecule has 98 valence electrons. The summed E-state index contributed by atoms with van der Waals surface area (Å²) < 4.78 is 18.1. The first-order valence-electron chi connectivity index (χ1n) is 5.56. The van der Waals surface area contributed by atoms with Gasteiger partial charge >= 0.3 is 5.97 Å². The van der Waals surface area contributed by atoms with E-state index in [0.717, 1.165) is 5.56 Å². The molecule has 0 saturated carbocycles. The zero-order chi connectivity index (χ0) is 13.5. The van der Waals surface area contributed by atoms with Gasteiger partial charge in [-0.25, -0.2) is 4.39 Å². The number of Topliss-reactive ketones (excluding diaryl/α,β-unsaturated/α-hetero) is 1. The molecule has 0 atom stereocenters. The minimum Gasteiger partial charge on any atom is -0.469 e. The molecule has 0 heterocycles. The highest BCUT2D eigenvalue weighted by atomic mass is 79.9. The summed E-state index contributed by atoms with van der Waals surface area (Å²) in [6.07, 6.45) is 1.01. The molecule has 0 aliphatic rings. The molecule has 18 heavy (non-hydrogen) atoms. The Morgan fingerprint density at radius 3 is 2.67 bits per heavy atom. The SMILES string of the molecule is COC(=O)CCC(=O)CCc1cccc(F)c1Br. The summed E-state index contributed by atoms with van der Waals surface area (Å²) in [5.74, 6) is -0.763. The second-order valence-electron chi connectivity index (χ2n) is 3.83. The van der Waals surface area contributed by atoms with E-state index in [2.05, 4.69) is 20.7 Å². The number of hydrogen-bond acceptors (Lipinski definition) is 3. The normalized spacial score (nSPS) is 10.2. The van der Waals surface area contributed by atoms with Crippen LogP contribution in [-0.4, -0.2) is 18.9 Å². The summed E-state index contributed by atoms with van der Waals surface area (Å²) in [6.45, 7) is 0. The van der Waals surface area contributed by atoms with Crippen LogP contribution in [0.3, 0.4) is 0 Å². The Bertz CT molecular complexity index is 446. The molecule has 0 N–H and O–H groups in total. The van der Waals surface area contributed by atoms with E-state index in [1.54, 1.807) is 12.1 Å².